The molecule has 0 spiro atoms. The molecule has 5 nitrogen and oxygen atoms in total. The van der Waals surface area contributed by atoms with Crippen molar-refractivity contribution < 1.29 is 22.4 Å². The molecule has 2 N–H and O–H groups in total. The molecule has 0 aliphatic carbocycles. The van der Waals surface area contributed by atoms with Gasteiger partial charge in [0.25, 0.3) is 0 Å². The van der Waals surface area contributed by atoms with Gasteiger partial charge in [0.05, 0.1) is 5.56 Å². The van der Waals surface area contributed by atoms with Gasteiger partial charge in [-0.15, -0.1) is 0 Å². The zero-order valence-electron chi connectivity index (χ0n) is 17.1. The molecule has 2 fully saturated rings. The van der Waals surface area contributed by atoms with Crippen molar-refractivity contribution in [2.24, 2.45) is 11.7 Å². The average Bonchev–Trinajstić information content (AvgIpc) is 2.72. The van der Waals surface area contributed by atoms with Crippen molar-refractivity contribution >= 4 is 11.6 Å². The first-order valence-corrected chi connectivity index (χ1v) is 10.6. The van der Waals surface area contributed by atoms with Crippen molar-refractivity contribution in [3.05, 3.63) is 29.6 Å². The molecule has 168 valence electrons. The summed E-state index contributed by atoms with van der Waals surface area (Å²) in [6, 6.07) is 2.73. The predicted octanol–water partition coefficient (Wildman–Crippen LogP) is 2.94. The van der Waals surface area contributed by atoms with Gasteiger partial charge in [0.15, 0.2) is 0 Å². The van der Waals surface area contributed by atoms with Crippen LogP contribution in [0.1, 0.15) is 31.2 Å². The number of piperidine rings is 1. The third kappa shape index (κ3) is 6.07. The highest BCUT2D eigenvalue weighted by Crippen LogP contribution is 2.33. The normalized spacial score (nSPS) is 19.4. The molecule has 30 heavy (non-hydrogen) atoms. The Morgan fingerprint density at radius 2 is 1.70 bits per heavy atom. The third-order valence-corrected chi connectivity index (χ3v) is 6.13. The van der Waals surface area contributed by atoms with E-state index in [0.29, 0.717) is 38.0 Å². The number of rotatable bonds is 6. The summed E-state index contributed by atoms with van der Waals surface area (Å²) >= 11 is 0. The van der Waals surface area contributed by atoms with Gasteiger partial charge in [-0.3, -0.25) is 9.69 Å². The van der Waals surface area contributed by atoms with E-state index >= 15 is 0 Å². The highest BCUT2D eigenvalue weighted by molar-refractivity contribution is 5.76. The number of alkyl halides is 3. The summed E-state index contributed by atoms with van der Waals surface area (Å²) in [6.07, 6.45) is -1.09. The van der Waals surface area contributed by atoms with Gasteiger partial charge >= 0.3 is 6.18 Å². The minimum absolute atomic E-state index is 0.137. The first-order valence-electron chi connectivity index (χ1n) is 10.6. The van der Waals surface area contributed by atoms with Gasteiger partial charge in [0.1, 0.15) is 5.82 Å². The number of hydrogen-bond donors (Lipinski definition) is 1. The summed E-state index contributed by atoms with van der Waals surface area (Å²) < 4.78 is 52.5. The fourth-order valence-electron chi connectivity index (χ4n) is 4.27. The second-order valence-corrected chi connectivity index (χ2v) is 8.18. The number of halogens is 4. The molecule has 2 saturated heterocycles. The van der Waals surface area contributed by atoms with Crippen molar-refractivity contribution in [3.63, 3.8) is 0 Å². The van der Waals surface area contributed by atoms with E-state index in [9.17, 15) is 22.4 Å². The summed E-state index contributed by atoms with van der Waals surface area (Å²) in [7, 11) is 0. The lowest BCUT2D eigenvalue weighted by molar-refractivity contribution is -0.137. The second kappa shape index (κ2) is 9.96. The minimum Gasteiger partial charge on any atom is -0.369 e. The molecule has 0 radical (unpaired) electrons. The maximum absolute atomic E-state index is 13.7. The van der Waals surface area contributed by atoms with Gasteiger partial charge in [0.2, 0.25) is 5.91 Å². The lowest BCUT2D eigenvalue weighted by Crippen LogP contribution is -2.47. The molecule has 1 aromatic rings. The Morgan fingerprint density at radius 3 is 2.30 bits per heavy atom. The molecule has 0 bridgehead atoms. The Hall–Kier alpha value is -1.87. The van der Waals surface area contributed by atoms with Gasteiger partial charge in [-0.2, -0.15) is 13.2 Å². The van der Waals surface area contributed by atoms with Gasteiger partial charge in [-0.1, -0.05) is 0 Å². The fraction of sp³-hybridized carbons (Fsp3) is 0.667. The standard InChI is InChI=1S/C21H30F4N4O/c22-18-13-17(21(23,24)25)14-19(15-18)28-11-9-27(10-12-28)6-2-16-3-7-29(8-4-16)20(30)1-5-26/h13-16H,1-12,26H2. The van der Waals surface area contributed by atoms with Crippen LogP contribution >= 0.6 is 0 Å². The zero-order chi connectivity index (χ0) is 21.7. The minimum atomic E-state index is -4.55. The van der Waals surface area contributed by atoms with E-state index in [1.54, 1.807) is 0 Å². The molecule has 2 heterocycles. The monoisotopic (exact) mass is 430 g/mol. The lowest BCUT2D eigenvalue weighted by Gasteiger charge is -2.38. The van der Waals surface area contributed by atoms with Crippen LogP contribution in [0.15, 0.2) is 18.2 Å². The number of likely N-dealkylation sites (tertiary alicyclic amines) is 1. The molecule has 2 aliphatic rings. The summed E-state index contributed by atoms with van der Waals surface area (Å²) in [5.74, 6) is -0.140. The van der Waals surface area contributed by atoms with E-state index in [-0.39, 0.29) is 11.6 Å². The summed E-state index contributed by atoms with van der Waals surface area (Å²) in [5.41, 5.74) is 4.79. The first kappa shape index (κ1) is 22.8. The van der Waals surface area contributed by atoms with E-state index in [4.69, 9.17) is 5.73 Å². The van der Waals surface area contributed by atoms with Crippen LogP contribution < -0.4 is 10.6 Å². The van der Waals surface area contributed by atoms with E-state index in [1.165, 1.54) is 6.07 Å². The number of nitrogens with zero attached hydrogens (tertiary/aromatic N) is 3. The number of hydrogen-bond acceptors (Lipinski definition) is 4. The molecule has 1 aromatic carbocycles. The Kier molecular flexibility index (Phi) is 7.57. The summed E-state index contributed by atoms with van der Waals surface area (Å²) in [5, 5.41) is 0. The molecule has 0 aromatic heterocycles. The summed E-state index contributed by atoms with van der Waals surface area (Å²) in [6.45, 7) is 5.54. The molecule has 2 aliphatic heterocycles. The topological polar surface area (TPSA) is 52.8 Å². The van der Waals surface area contributed by atoms with E-state index in [2.05, 4.69) is 4.90 Å². The molecular weight excluding hydrogens is 400 g/mol. The lowest BCUT2D eigenvalue weighted by atomic mass is 9.93. The molecule has 1 amide bonds. The molecule has 9 heteroatoms. The van der Waals surface area contributed by atoms with Crippen LogP contribution in [0.5, 0.6) is 0 Å². The Morgan fingerprint density at radius 1 is 1.03 bits per heavy atom. The van der Waals surface area contributed by atoms with Crippen molar-refractivity contribution in [1.82, 2.24) is 9.80 Å². The Labute approximate surface area is 174 Å². The largest absolute Gasteiger partial charge is 0.416 e. The van der Waals surface area contributed by atoms with Crippen LogP contribution in [0, 0.1) is 11.7 Å². The van der Waals surface area contributed by atoms with Crippen molar-refractivity contribution in [3.8, 4) is 0 Å². The Balaban J connectivity index is 1.43. The SMILES string of the molecule is NCCC(=O)N1CCC(CCN2CCN(c3cc(F)cc(C(F)(F)F)c3)CC2)CC1. The number of piperazine rings is 1. The van der Waals surface area contributed by atoms with E-state index in [0.717, 1.165) is 58.1 Å². The van der Waals surface area contributed by atoms with Crippen LogP contribution in [-0.2, 0) is 11.0 Å². The van der Waals surface area contributed by atoms with Gasteiger partial charge in [-0.25, -0.2) is 4.39 Å². The Bertz CT molecular complexity index is 711. The molecule has 0 atom stereocenters. The molecular formula is C21H30F4N4O. The summed E-state index contributed by atoms with van der Waals surface area (Å²) in [4.78, 5) is 17.9. The number of nitrogens with two attached hydrogens (primary N) is 1. The van der Waals surface area contributed by atoms with E-state index in [1.807, 2.05) is 9.80 Å². The second-order valence-electron chi connectivity index (χ2n) is 8.18. The van der Waals surface area contributed by atoms with Crippen molar-refractivity contribution in [2.45, 2.75) is 31.9 Å². The smallest absolute Gasteiger partial charge is 0.369 e. The van der Waals surface area contributed by atoms with Crippen LogP contribution in [0.3, 0.4) is 0 Å². The van der Waals surface area contributed by atoms with Gasteiger partial charge in [0, 0.05) is 57.9 Å². The van der Waals surface area contributed by atoms with Gasteiger partial charge < -0.3 is 15.5 Å². The predicted molar refractivity (Wildman–Crippen MR) is 108 cm³/mol. The van der Waals surface area contributed by atoms with Crippen LogP contribution in [0.2, 0.25) is 0 Å². The van der Waals surface area contributed by atoms with Crippen molar-refractivity contribution in [1.29, 1.82) is 0 Å². The maximum Gasteiger partial charge on any atom is 0.416 e. The highest BCUT2D eigenvalue weighted by Gasteiger charge is 2.32. The third-order valence-electron chi connectivity index (χ3n) is 6.13. The average molecular weight is 430 g/mol. The molecule has 3 rings (SSSR count). The molecule has 0 unspecified atom stereocenters. The van der Waals surface area contributed by atoms with Crippen LogP contribution in [-0.4, -0.2) is 68.1 Å². The quantitative estimate of drug-likeness (QED) is 0.706. The number of benzene rings is 1. The first-order chi connectivity index (χ1) is 14.3. The number of anilines is 1. The maximum atomic E-state index is 13.7. The zero-order valence-corrected chi connectivity index (χ0v) is 17.1. The number of amides is 1. The van der Waals surface area contributed by atoms with Gasteiger partial charge in [-0.05, 0) is 49.9 Å². The highest BCUT2D eigenvalue weighted by atomic mass is 19.4. The molecule has 0 saturated carbocycles. The van der Waals surface area contributed by atoms with E-state index < -0.39 is 17.6 Å². The number of carbonyl (C=O) groups is 1. The number of carbonyl (C=O) groups excluding carboxylic acids is 1. The van der Waals surface area contributed by atoms with Crippen molar-refractivity contribution in [2.75, 3.05) is 57.3 Å². The fourth-order valence-corrected chi connectivity index (χ4v) is 4.27. The van der Waals surface area contributed by atoms with Crippen LogP contribution in [0.25, 0.3) is 0 Å². The van der Waals surface area contributed by atoms with Crippen LogP contribution in [0.4, 0.5) is 23.2 Å².